The van der Waals surface area contributed by atoms with E-state index in [1.54, 1.807) is 11.0 Å². The molecule has 2 aromatic rings. The summed E-state index contributed by atoms with van der Waals surface area (Å²) in [5, 5.41) is 11.6. The molecule has 2 N–H and O–H groups in total. The van der Waals surface area contributed by atoms with Crippen LogP contribution in [0.5, 0.6) is 5.75 Å². The zero-order valence-corrected chi connectivity index (χ0v) is 33.0. The van der Waals surface area contributed by atoms with Crippen LogP contribution in [-0.2, 0) is 14.3 Å². The van der Waals surface area contributed by atoms with E-state index in [-0.39, 0.29) is 36.1 Å². The van der Waals surface area contributed by atoms with E-state index in [4.69, 9.17) is 22.3 Å². The topological polar surface area (TPSA) is 110 Å². The molecular formula is C39H52InN3O6. The van der Waals surface area contributed by atoms with Gasteiger partial charge in [0.05, 0.1) is 0 Å². The van der Waals surface area contributed by atoms with Crippen molar-refractivity contribution in [1.82, 2.24) is 10.2 Å². The molecule has 0 bridgehead atoms. The number of benzene rings is 2. The Bertz CT molecular complexity index is 1520. The van der Waals surface area contributed by atoms with Crippen molar-refractivity contribution in [3.63, 3.8) is 0 Å². The van der Waals surface area contributed by atoms with E-state index in [1.165, 1.54) is 38.1 Å². The summed E-state index contributed by atoms with van der Waals surface area (Å²) < 4.78 is 24.7. The number of nitrogens with one attached hydrogen (secondary N) is 1. The van der Waals surface area contributed by atoms with E-state index in [2.05, 4.69) is 61.6 Å². The number of carbonyl (C=O) groups is 2. The molecule has 0 saturated carbocycles. The quantitative estimate of drug-likeness (QED) is 0.120. The molecule has 262 valence electrons. The molecule has 2 aliphatic rings. The number of ether oxygens (including phenoxy) is 3. The van der Waals surface area contributed by atoms with Crippen LogP contribution in [0.2, 0.25) is 0 Å². The average Bonchev–Trinajstić information content (AvgIpc) is 3.58. The normalized spacial score (nSPS) is 16.7. The molecule has 1 fully saturated rings. The predicted octanol–water partition coefficient (Wildman–Crippen LogP) is 6.64. The first-order valence-corrected chi connectivity index (χ1v) is 22.5. The first kappa shape index (κ1) is 38.5. The molecular weight excluding hydrogens is 721 g/mol. The molecule has 1 unspecified atom stereocenters. The number of amides is 2. The molecule has 9 nitrogen and oxygen atoms in total. The van der Waals surface area contributed by atoms with Crippen LogP contribution < -0.4 is 10.1 Å². The summed E-state index contributed by atoms with van der Waals surface area (Å²) in [4.78, 5) is 26.5. The zero-order chi connectivity index (χ0) is 35.2. The Balaban J connectivity index is 1.43. The van der Waals surface area contributed by atoms with Crippen molar-refractivity contribution in [3.05, 3.63) is 86.8 Å². The summed E-state index contributed by atoms with van der Waals surface area (Å²) in [6, 6.07) is 16.8. The number of allylic oxidation sites excluding steroid dienone is 4. The molecule has 0 spiro atoms. The SMILES string of the molecule is CC/C(=C(\[C]1=CC=[N][In]1[CH]1CCCCO1)c1ccc(OCCOC(=O)N(C/C=C/C(=O)NCCCO)C(C)(C)C)cc1)c1ccccc1C. The molecule has 2 aliphatic heterocycles. The molecule has 0 aromatic heterocycles. The summed E-state index contributed by atoms with van der Waals surface area (Å²) >= 11 is -2.65. The van der Waals surface area contributed by atoms with Crippen LogP contribution in [0.4, 0.5) is 4.79 Å². The predicted molar refractivity (Wildman–Crippen MR) is 198 cm³/mol. The van der Waals surface area contributed by atoms with Gasteiger partial charge in [-0.3, -0.25) is 4.79 Å². The second-order valence-electron chi connectivity index (χ2n) is 13.3. The minimum absolute atomic E-state index is 0.0162. The minimum atomic E-state index is -2.65. The Kier molecular flexibility index (Phi) is 15.0. The number of aliphatic hydroxyl groups is 1. The van der Waals surface area contributed by atoms with E-state index in [0.29, 0.717) is 18.7 Å². The van der Waals surface area contributed by atoms with Gasteiger partial charge >= 0.3 is 216 Å². The van der Waals surface area contributed by atoms with Crippen LogP contribution in [0.15, 0.2) is 73.1 Å². The second-order valence-corrected chi connectivity index (χ2v) is 20.6. The van der Waals surface area contributed by atoms with E-state index in [0.717, 1.165) is 31.4 Å². The van der Waals surface area contributed by atoms with Gasteiger partial charge < -0.3 is 10.4 Å². The number of hydrogen-bond donors (Lipinski definition) is 2. The molecule has 2 aromatic carbocycles. The molecule has 0 radical (unpaired) electrons. The number of aryl methyl sites for hydroxylation is 1. The molecule has 1 saturated heterocycles. The van der Waals surface area contributed by atoms with Gasteiger partial charge in [-0.05, 0) is 27.2 Å². The van der Waals surface area contributed by atoms with Crippen LogP contribution in [0.25, 0.3) is 11.1 Å². The van der Waals surface area contributed by atoms with Crippen molar-refractivity contribution in [1.29, 1.82) is 0 Å². The van der Waals surface area contributed by atoms with Gasteiger partial charge in [0.2, 0.25) is 5.91 Å². The summed E-state index contributed by atoms with van der Waals surface area (Å²) in [6.07, 6.45) is 11.6. The van der Waals surface area contributed by atoms with E-state index in [1.807, 2.05) is 39.1 Å². The van der Waals surface area contributed by atoms with Gasteiger partial charge in [0.15, 0.2) is 0 Å². The van der Waals surface area contributed by atoms with Crippen molar-refractivity contribution in [2.75, 3.05) is 39.5 Å². The van der Waals surface area contributed by atoms with Gasteiger partial charge in [-0.25, -0.2) is 0 Å². The summed E-state index contributed by atoms with van der Waals surface area (Å²) in [7, 11) is 0. The van der Waals surface area contributed by atoms with Gasteiger partial charge in [-0.15, -0.1) is 0 Å². The summed E-state index contributed by atoms with van der Waals surface area (Å²) in [5.41, 5.74) is 5.76. The molecule has 2 amide bonds. The van der Waals surface area contributed by atoms with Crippen molar-refractivity contribution in [3.8, 4) is 5.75 Å². The maximum absolute atomic E-state index is 13.0. The van der Waals surface area contributed by atoms with Gasteiger partial charge in [0.1, 0.15) is 0 Å². The molecule has 0 aliphatic carbocycles. The third kappa shape index (κ3) is 11.1. The Morgan fingerprint density at radius 3 is 2.57 bits per heavy atom. The van der Waals surface area contributed by atoms with Gasteiger partial charge in [0, 0.05) is 31.3 Å². The van der Waals surface area contributed by atoms with Crippen molar-refractivity contribution < 1.29 is 28.9 Å². The number of rotatable bonds is 15. The van der Waals surface area contributed by atoms with Crippen LogP contribution in [0.1, 0.15) is 76.5 Å². The fourth-order valence-electron chi connectivity index (χ4n) is 6.19. The average molecular weight is 774 g/mol. The Labute approximate surface area is 300 Å². The van der Waals surface area contributed by atoms with E-state index < -0.39 is 33.4 Å². The van der Waals surface area contributed by atoms with Gasteiger partial charge in [-0.1, -0.05) is 6.08 Å². The van der Waals surface area contributed by atoms with Crippen molar-refractivity contribution in [2.45, 2.75) is 76.1 Å². The third-order valence-corrected chi connectivity index (χ3v) is 16.9. The zero-order valence-electron chi connectivity index (χ0n) is 29.7. The van der Waals surface area contributed by atoms with Crippen LogP contribution in [0.3, 0.4) is 0 Å². The first-order valence-electron chi connectivity index (χ1n) is 17.5. The number of hydrogen-bond acceptors (Lipinski definition) is 7. The van der Waals surface area contributed by atoms with Crippen LogP contribution >= 0.6 is 0 Å². The summed E-state index contributed by atoms with van der Waals surface area (Å²) in [5.74, 6) is 0.427. The molecule has 1 atom stereocenters. The van der Waals surface area contributed by atoms with Crippen LogP contribution in [-0.4, -0.2) is 98.9 Å². The fourth-order valence-corrected chi connectivity index (χ4v) is 14.2. The van der Waals surface area contributed by atoms with Crippen molar-refractivity contribution >= 4 is 51.1 Å². The van der Waals surface area contributed by atoms with Gasteiger partial charge in [-0.2, -0.15) is 0 Å². The second kappa shape index (κ2) is 19.2. The van der Waals surface area contributed by atoms with Crippen LogP contribution in [0, 0.1) is 6.92 Å². The molecule has 4 rings (SSSR count). The Morgan fingerprint density at radius 1 is 1.12 bits per heavy atom. The number of nitrogens with zero attached hydrogens (tertiary/aromatic N) is 2. The standard InChI is InChI=1S/C34H43N3O5.C5H9O.In/c1-6-29(30-13-8-7-12-26(30)2)31(14-9-20-35)27-16-18-28(19-17-27)41-24-25-42-33(40)37(34(3,4)5)22-10-15-32(39)36-21-11-23-38;1-2-4-6-5-3-1;/h7-10,12-13,15-20,38H,6,11,21-25H2,1-5H3,(H,36,39);4H,1-3,5H2;/q-1;;+1/b14-9?,15-10+,31-29-;;. The van der Waals surface area contributed by atoms with Gasteiger partial charge in [0.25, 0.3) is 0 Å². The monoisotopic (exact) mass is 773 g/mol. The third-order valence-electron chi connectivity index (χ3n) is 8.74. The van der Waals surface area contributed by atoms with Crippen molar-refractivity contribution in [2.24, 2.45) is 2.98 Å². The molecule has 10 heteroatoms. The van der Waals surface area contributed by atoms with E-state index >= 15 is 0 Å². The molecule has 49 heavy (non-hydrogen) atoms. The van der Waals surface area contributed by atoms with E-state index in [9.17, 15) is 9.59 Å². The summed E-state index contributed by atoms with van der Waals surface area (Å²) in [6.45, 7) is 11.9. The maximum atomic E-state index is 13.0. The molecule has 2 heterocycles. The number of carbonyl (C=O) groups excluding carboxylic acids is 2. The first-order chi connectivity index (χ1) is 23.6. The Hall–Kier alpha value is -3.34. The fraction of sp³-hybridized carbons (Fsp3) is 0.462. The number of aliphatic hydroxyl groups excluding tert-OH is 1. The Morgan fingerprint density at radius 2 is 1.90 bits per heavy atom.